The fraction of sp³-hybridized carbons (Fsp3) is 0.628. The summed E-state index contributed by atoms with van der Waals surface area (Å²) in [5.74, 6) is -10.7. The minimum atomic E-state index is -2.49. The predicted molar refractivity (Wildman–Crippen MR) is 216 cm³/mol. The Kier molecular flexibility index (Phi) is 12.7. The van der Waals surface area contributed by atoms with Gasteiger partial charge in [0.05, 0.1) is 51.7 Å². The highest BCUT2D eigenvalue weighted by atomic mass is 16.8. The summed E-state index contributed by atoms with van der Waals surface area (Å²) < 4.78 is 51.6. The van der Waals surface area contributed by atoms with Gasteiger partial charge in [-0.05, 0) is 65.3 Å². The quantitative estimate of drug-likeness (QED) is 0.241. The molecule has 1 aromatic carbocycles. The van der Waals surface area contributed by atoms with E-state index in [-0.39, 0.29) is 80.6 Å². The van der Waals surface area contributed by atoms with Crippen LogP contribution in [0.2, 0.25) is 0 Å². The van der Waals surface area contributed by atoms with Gasteiger partial charge in [0, 0.05) is 76.5 Å². The molecule has 2 heterocycles. The van der Waals surface area contributed by atoms with Crippen LogP contribution >= 0.6 is 0 Å². The van der Waals surface area contributed by atoms with Crippen molar-refractivity contribution in [3.8, 4) is 5.75 Å². The van der Waals surface area contributed by atoms with Gasteiger partial charge < -0.3 is 48.1 Å². The summed E-state index contributed by atoms with van der Waals surface area (Å²) in [5.41, 5.74) is -0.440. The second kappa shape index (κ2) is 16.9. The predicted octanol–water partition coefficient (Wildman–Crippen LogP) is 1.94. The third kappa shape index (κ3) is 7.86. The number of methoxy groups -OCH3 is 1. The topological polar surface area (TPSA) is 207 Å². The zero-order chi connectivity index (χ0) is 45.0. The number of carbonyl (C=O) groups excluding carboxylic acids is 6. The highest BCUT2D eigenvalue weighted by Gasteiger charge is 2.78. The van der Waals surface area contributed by atoms with Crippen molar-refractivity contribution in [1.82, 2.24) is 15.5 Å². The van der Waals surface area contributed by atoms with E-state index in [1.54, 1.807) is 19.0 Å². The number of nitrogens with one attached hydrogen (secondary N) is 2. The van der Waals surface area contributed by atoms with Crippen LogP contribution in [0.3, 0.4) is 0 Å². The van der Waals surface area contributed by atoms with Crippen LogP contribution in [0, 0.1) is 11.8 Å². The van der Waals surface area contributed by atoms with Crippen molar-refractivity contribution in [2.24, 2.45) is 11.8 Å². The Balaban J connectivity index is 1.77. The summed E-state index contributed by atoms with van der Waals surface area (Å²) >= 11 is 0. The lowest BCUT2D eigenvalue weighted by atomic mass is 9.55. The number of anilines is 1. The van der Waals surface area contributed by atoms with Gasteiger partial charge >= 0.3 is 17.9 Å². The minimum Gasteiger partial charge on any atom is -0.496 e. The van der Waals surface area contributed by atoms with Crippen molar-refractivity contribution in [3.63, 3.8) is 0 Å². The van der Waals surface area contributed by atoms with Gasteiger partial charge in [0.15, 0.2) is 11.5 Å². The number of ketones is 1. The van der Waals surface area contributed by atoms with E-state index in [2.05, 4.69) is 10.6 Å². The smallest absolute Gasteiger partial charge is 0.307 e. The molecule has 0 bridgehead atoms. The molecule has 2 saturated heterocycles. The van der Waals surface area contributed by atoms with Crippen molar-refractivity contribution < 1.29 is 66.7 Å². The molecule has 18 nitrogen and oxygen atoms in total. The number of Topliss-reactive ketones (excluding diaryl/α,β-unsaturated/α-hetero) is 1. The number of nitrogens with zero attached hydrogens (tertiary/aromatic N) is 2. The van der Waals surface area contributed by atoms with Crippen LogP contribution in [0.4, 0.5) is 5.69 Å². The molecule has 5 aliphatic rings. The van der Waals surface area contributed by atoms with Crippen LogP contribution in [-0.2, 0) is 80.6 Å². The Hall–Kier alpha value is -4.72. The molecule has 1 aromatic rings. The molecule has 334 valence electrons. The van der Waals surface area contributed by atoms with Crippen molar-refractivity contribution in [2.45, 2.75) is 96.5 Å². The molecule has 0 aromatic heterocycles. The fourth-order valence-electron chi connectivity index (χ4n) is 9.77. The van der Waals surface area contributed by atoms with Gasteiger partial charge in [0.25, 0.3) is 11.7 Å². The number of rotatable bonds is 11. The van der Waals surface area contributed by atoms with E-state index in [0.717, 1.165) is 32.0 Å². The number of imide groups is 1. The second-order valence-corrected chi connectivity index (χ2v) is 17.4. The molecule has 2 fully saturated rings. The van der Waals surface area contributed by atoms with Gasteiger partial charge in [0.2, 0.25) is 17.3 Å². The van der Waals surface area contributed by atoms with Crippen LogP contribution in [0.15, 0.2) is 28.7 Å². The average Bonchev–Trinajstić information content (AvgIpc) is 3.82. The van der Waals surface area contributed by atoms with Crippen LogP contribution in [0.25, 0.3) is 0 Å². The second-order valence-electron chi connectivity index (χ2n) is 17.4. The van der Waals surface area contributed by atoms with Gasteiger partial charge in [-0.15, -0.1) is 0 Å². The van der Waals surface area contributed by atoms with E-state index < -0.39 is 70.3 Å². The van der Waals surface area contributed by atoms with E-state index in [9.17, 15) is 28.8 Å². The number of ether oxygens (including phenoxy) is 8. The summed E-state index contributed by atoms with van der Waals surface area (Å²) in [7, 11) is 8.61. The summed E-state index contributed by atoms with van der Waals surface area (Å²) in [6.45, 7) is 10.4. The maximum atomic E-state index is 14.5. The molecule has 4 atom stereocenters. The summed E-state index contributed by atoms with van der Waals surface area (Å²) in [6, 6.07) is 0.838. The number of hydrogen-bond donors (Lipinski definition) is 2. The zero-order valence-electron chi connectivity index (χ0n) is 37.1. The van der Waals surface area contributed by atoms with Crippen molar-refractivity contribution in [1.29, 1.82) is 0 Å². The number of fused-ring (bicyclic) bond motifs is 6. The monoisotopic (exact) mass is 854 g/mol. The van der Waals surface area contributed by atoms with Gasteiger partial charge in [-0.1, -0.05) is 0 Å². The van der Waals surface area contributed by atoms with E-state index in [0.29, 0.717) is 16.9 Å². The normalized spacial score (nSPS) is 24.8. The fourth-order valence-corrected chi connectivity index (χ4v) is 9.77. The Morgan fingerprint density at radius 1 is 0.869 bits per heavy atom. The molecule has 2 N–H and O–H groups in total. The molecular weight excluding hydrogens is 796 g/mol. The van der Waals surface area contributed by atoms with Crippen LogP contribution < -0.4 is 20.3 Å². The number of esters is 3. The van der Waals surface area contributed by atoms with Crippen LogP contribution in [0.5, 0.6) is 5.75 Å². The molecule has 2 spiro atoms. The molecule has 0 unspecified atom stereocenters. The standard InChI is InChI=1S/C43H58N4O14/c1-22(48)45-39(53)34-37(59-23(2)49)35(47(10)11)30-19-26-18-29-31(46(8)9)20-27(17-28(52)21-44-40(5,6)7)36(54-12)33(29)42(55-13-14-56-42)32(26)38(60-24(3)50)41(30,61-25(4)51)43(34)57-15-16-58-43/h20,26,30,35,44H,13-19,21H2,1-12H3,(H,45,48,53)/t26-,30-,35-,41-/m0/s1. The van der Waals surface area contributed by atoms with E-state index >= 15 is 0 Å². The largest absolute Gasteiger partial charge is 0.496 e. The van der Waals surface area contributed by atoms with Crippen molar-refractivity contribution in [3.05, 3.63) is 45.4 Å². The number of likely N-dealkylation sites (N-methyl/N-ethyl adjacent to an activating group) is 1. The van der Waals surface area contributed by atoms with Crippen molar-refractivity contribution in [2.75, 3.05) is 73.2 Å². The third-order valence-corrected chi connectivity index (χ3v) is 11.5. The van der Waals surface area contributed by atoms with Gasteiger partial charge in [0.1, 0.15) is 17.1 Å². The summed E-state index contributed by atoms with van der Waals surface area (Å²) in [6.07, 6.45) is 0.334. The first kappa shape index (κ1) is 45.8. The maximum Gasteiger partial charge on any atom is 0.307 e. The van der Waals surface area contributed by atoms with Gasteiger partial charge in [-0.2, -0.15) is 0 Å². The lowest BCUT2D eigenvalue weighted by molar-refractivity contribution is -0.289. The molecule has 18 heteroatoms. The molecule has 2 aliphatic heterocycles. The first-order valence-corrected chi connectivity index (χ1v) is 20.3. The minimum absolute atomic E-state index is 0.0250. The molecule has 61 heavy (non-hydrogen) atoms. The summed E-state index contributed by atoms with van der Waals surface area (Å²) in [5, 5.41) is 5.52. The molecule has 0 saturated carbocycles. The zero-order valence-corrected chi connectivity index (χ0v) is 37.1. The lowest BCUT2D eigenvalue weighted by Gasteiger charge is -2.60. The Labute approximate surface area is 355 Å². The number of benzene rings is 1. The SMILES string of the molecule is COc1c(CC(=O)CNC(C)(C)C)cc(N(C)C)c2c1C1(OCCO1)C1=C(OC(C)=O)[C@@]3(OC(C)=O)[C@@H](C[C@@H]1C2)[C@H](N(C)C)C(OC(C)=O)=C(C(=O)NC(C)=O)C31OCCO1. The first-order chi connectivity index (χ1) is 28.5. The number of amides is 2. The third-order valence-electron chi connectivity index (χ3n) is 11.5. The lowest BCUT2D eigenvalue weighted by Crippen LogP contribution is -2.74. The Morgan fingerprint density at radius 3 is 1.98 bits per heavy atom. The number of hydrogen-bond acceptors (Lipinski definition) is 17. The van der Waals surface area contributed by atoms with Crippen LogP contribution in [-0.4, -0.2) is 132 Å². The summed E-state index contributed by atoms with van der Waals surface area (Å²) in [4.78, 5) is 84.8. The van der Waals surface area contributed by atoms with E-state index in [1.807, 2.05) is 45.8 Å². The van der Waals surface area contributed by atoms with Crippen LogP contribution in [0.1, 0.15) is 71.6 Å². The highest BCUT2D eigenvalue weighted by molar-refractivity contribution is 6.06. The maximum absolute atomic E-state index is 14.5. The Bertz CT molecular complexity index is 2070. The Morgan fingerprint density at radius 2 is 1.48 bits per heavy atom. The molecule has 3 aliphatic carbocycles. The van der Waals surface area contributed by atoms with E-state index in [4.69, 9.17) is 37.9 Å². The first-order valence-electron chi connectivity index (χ1n) is 20.3. The van der Waals surface area contributed by atoms with Gasteiger partial charge in [-0.25, -0.2) is 0 Å². The molecule has 0 radical (unpaired) electrons. The van der Waals surface area contributed by atoms with Gasteiger partial charge in [-0.3, -0.25) is 39.0 Å². The van der Waals surface area contributed by atoms with E-state index in [1.165, 1.54) is 14.0 Å². The number of carbonyl (C=O) groups is 6. The molecule has 2 amide bonds. The average molecular weight is 855 g/mol. The highest BCUT2D eigenvalue weighted by Crippen LogP contribution is 2.66. The molecule has 6 rings (SSSR count). The van der Waals surface area contributed by atoms with Crippen molar-refractivity contribution >= 4 is 41.2 Å². The molecular formula is C43H58N4O14.